The maximum Gasteiger partial charge on any atom is 0.509 e. The largest absolute Gasteiger partial charge is 0.509 e. The Hall–Kier alpha value is -2.49. The summed E-state index contributed by atoms with van der Waals surface area (Å²) in [7, 11) is 0. The monoisotopic (exact) mass is 286 g/mol. The van der Waals surface area contributed by atoms with Gasteiger partial charge in [0, 0.05) is 5.56 Å². The molecule has 3 rings (SSSR count). The maximum absolute atomic E-state index is 10.7. The van der Waals surface area contributed by atoms with Crippen LogP contribution in [-0.4, -0.2) is 11.3 Å². The number of carbonyl (C=O) groups is 1. The highest BCUT2D eigenvalue weighted by Gasteiger charge is 2.17. The van der Waals surface area contributed by atoms with Crippen LogP contribution in [0.25, 0.3) is 0 Å². The van der Waals surface area contributed by atoms with Crippen molar-refractivity contribution in [2.45, 2.75) is 25.6 Å². The lowest BCUT2D eigenvalue weighted by Gasteiger charge is -2.17. The molecule has 0 aliphatic heterocycles. The first-order valence-electron chi connectivity index (χ1n) is 6.92. The van der Waals surface area contributed by atoms with E-state index >= 15 is 0 Å². The Morgan fingerprint density at radius 3 is 1.90 bits per heavy atom. The van der Waals surface area contributed by atoms with E-state index in [4.69, 9.17) is 14.6 Å². The first-order valence-corrected chi connectivity index (χ1v) is 6.92. The van der Waals surface area contributed by atoms with E-state index in [0.717, 1.165) is 0 Å². The molecule has 0 heterocycles. The second-order valence-corrected chi connectivity index (χ2v) is 4.62. The fourth-order valence-electron chi connectivity index (χ4n) is 1.48. The second kappa shape index (κ2) is 7.94. The van der Waals surface area contributed by atoms with Crippen molar-refractivity contribution in [3.05, 3.63) is 66.2 Å². The molecule has 4 heteroatoms. The van der Waals surface area contributed by atoms with E-state index in [9.17, 15) is 4.79 Å². The Morgan fingerprint density at radius 1 is 0.905 bits per heavy atom. The first-order chi connectivity index (χ1) is 10.3. The van der Waals surface area contributed by atoms with Crippen LogP contribution in [0.5, 0.6) is 5.75 Å². The molecule has 0 saturated heterocycles. The Balaban J connectivity index is 0.000000477. The Kier molecular flexibility index (Phi) is 5.64. The van der Waals surface area contributed by atoms with E-state index in [1.54, 1.807) is 48.5 Å². The summed E-state index contributed by atoms with van der Waals surface area (Å²) in [5.41, 5.74) is 0.642. The fraction of sp³-hybridized carbons (Fsp3) is 0.235. The highest BCUT2D eigenvalue weighted by molar-refractivity contribution is 5.57. The van der Waals surface area contributed by atoms with Gasteiger partial charge in [-0.2, -0.15) is 0 Å². The summed E-state index contributed by atoms with van der Waals surface area (Å²) < 4.78 is 10.2. The quantitative estimate of drug-likeness (QED) is 0.657. The van der Waals surface area contributed by atoms with Gasteiger partial charge >= 0.3 is 6.16 Å². The van der Waals surface area contributed by atoms with Gasteiger partial charge in [-0.05, 0) is 12.1 Å². The third-order valence-corrected chi connectivity index (χ3v) is 2.62. The average Bonchev–Trinajstić information content (AvgIpc) is 3.37. The summed E-state index contributed by atoms with van der Waals surface area (Å²) in [6, 6.07) is 17.8. The topological polar surface area (TPSA) is 55.8 Å². The predicted octanol–water partition coefficient (Wildman–Crippen LogP) is 4.63. The van der Waals surface area contributed by atoms with Crippen molar-refractivity contribution in [2.24, 2.45) is 0 Å². The van der Waals surface area contributed by atoms with Crippen molar-refractivity contribution in [1.29, 1.82) is 0 Å². The highest BCUT2D eigenvalue weighted by atomic mass is 16.8. The minimum absolute atomic E-state index is 0.549. The Labute approximate surface area is 123 Å². The fourth-order valence-corrected chi connectivity index (χ4v) is 1.48. The van der Waals surface area contributed by atoms with Gasteiger partial charge in [-0.15, -0.1) is 0 Å². The molecule has 1 saturated carbocycles. The predicted molar refractivity (Wildman–Crippen MR) is 79.2 cm³/mol. The smallest absolute Gasteiger partial charge is 0.450 e. The van der Waals surface area contributed by atoms with E-state index in [2.05, 4.69) is 0 Å². The molecule has 1 unspecified atom stereocenters. The van der Waals surface area contributed by atoms with Gasteiger partial charge < -0.3 is 14.6 Å². The van der Waals surface area contributed by atoms with E-state index in [1.165, 1.54) is 19.3 Å². The van der Waals surface area contributed by atoms with Crippen molar-refractivity contribution in [2.75, 3.05) is 0 Å². The summed E-state index contributed by atoms with van der Waals surface area (Å²) in [4.78, 5) is 10.7. The molecular formula is C17H18O4. The van der Waals surface area contributed by atoms with Crippen molar-refractivity contribution >= 4 is 6.16 Å². The lowest BCUT2D eigenvalue weighted by Crippen LogP contribution is -2.15. The summed E-state index contributed by atoms with van der Waals surface area (Å²) in [5.74, 6) is 0.549. The maximum atomic E-state index is 10.7. The zero-order valence-electron chi connectivity index (χ0n) is 11.6. The van der Waals surface area contributed by atoms with Crippen LogP contribution in [0.1, 0.15) is 31.1 Å². The van der Waals surface area contributed by atoms with Gasteiger partial charge in [-0.1, -0.05) is 67.8 Å². The molecule has 1 atom stereocenters. The summed E-state index contributed by atoms with van der Waals surface area (Å²) >= 11 is 0. The van der Waals surface area contributed by atoms with Gasteiger partial charge in [0.15, 0.2) is 0 Å². The van der Waals surface area contributed by atoms with Crippen LogP contribution >= 0.6 is 0 Å². The van der Waals surface area contributed by atoms with Crippen LogP contribution in [0.2, 0.25) is 0 Å². The van der Waals surface area contributed by atoms with Crippen molar-refractivity contribution in [3.8, 4) is 5.75 Å². The van der Waals surface area contributed by atoms with Gasteiger partial charge in [0.25, 0.3) is 6.29 Å². The van der Waals surface area contributed by atoms with Crippen LogP contribution < -0.4 is 4.74 Å². The molecule has 0 aromatic heterocycles. The number of ether oxygens (including phenoxy) is 2. The third-order valence-electron chi connectivity index (χ3n) is 2.62. The molecule has 2 aromatic rings. The van der Waals surface area contributed by atoms with Crippen molar-refractivity contribution < 1.29 is 19.4 Å². The number of carboxylic acid groups (broad SMARTS) is 1. The minimum atomic E-state index is -1.38. The van der Waals surface area contributed by atoms with Crippen LogP contribution in [-0.2, 0) is 4.74 Å². The molecule has 1 aliphatic carbocycles. The lowest BCUT2D eigenvalue weighted by molar-refractivity contribution is -0.0556. The molecule has 21 heavy (non-hydrogen) atoms. The van der Waals surface area contributed by atoms with Crippen LogP contribution in [0, 0.1) is 0 Å². The van der Waals surface area contributed by atoms with Gasteiger partial charge in [-0.25, -0.2) is 4.79 Å². The van der Waals surface area contributed by atoms with E-state index in [-0.39, 0.29) is 0 Å². The number of hydrogen-bond acceptors (Lipinski definition) is 3. The first kappa shape index (κ1) is 14.9. The zero-order valence-corrected chi connectivity index (χ0v) is 11.6. The normalized spacial score (nSPS) is 13.3. The molecule has 0 radical (unpaired) electrons. The minimum Gasteiger partial charge on any atom is -0.450 e. The van der Waals surface area contributed by atoms with E-state index < -0.39 is 12.4 Å². The van der Waals surface area contributed by atoms with Crippen molar-refractivity contribution in [3.63, 3.8) is 0 Å². The third kappa shape index (κ3) is 5.99. The van der Waals surface area contributed by atoms with Gasteiger partial charge in [0.05, 0.1) is 0 Å². The zero-order chi connectivity index (χ0) is 14.9. The van der Waals surface area contributed by atoms with E-state index in [1.807, 2.05) is 12.1 Å². The molecule has 1 N–H and O–H groups in total. The molecule has 2 aromatic carbocycles. The van der Waals surface area contributed by atoms with Crippen LogP contribution in [0.4, 0.5) is 4.79 Å². The van der Waals surface area contributed by atoms with E-state index in [0.29, 0.717) is 11.3 Å². The van der Waals surface area contributed by atoms with Crippen molar-refractivity contribution in [1.82, 2.24) is 0 Å². The highest BCUT2D eigenvalue weighted by Crippen LogP contribution is 2.22. The number of benzene rings is 2. The standard InChI is InChI=1S/C14H12O4.C3H6/c15-14(16)18-13(11-7-3-1-4-8-11)17-12-9-5-2-6-10-12;1-2-3-1/h1-10,13H,(H,15,16);1-3H2. The average molecular weight is 286 g/mol. The van der Waals surface area contributed by atoms with Gasteiger partial charge in [-0.3, -0.25) is 0 Å². The SMILES string of the molecule is C1CC1.O=C(O)OC(Oc1ccccc1)c1ccccc1. The number of para-hydroxylation sites is 1. The second-order valence-electron chi connectivity index (χ2n) is 4.62. The summed E-state index contributed by atoms with van der Waals surface area (Å²) in [6.07, 6.45) is 2.16. The molecule has 110 valence electrons. The summed E-state index contributed by atoms with van der Waals surface area (Å²) in [6.45, 7) is 0. The van der Waals surface area contributed by atoms with Crippen LogP contribution in [0.3, 0.4) is 0 Å². The molecule has 0 bridgehead atoms. The molecule has 0 spiro atoms. The molecule has 0 amide bonds. The number of hydrogen-bond donors (Lipinski definition) is 1. The molecule has 1 fully saturated rings. The van der Waals surface area contributed by atoms with Crippen LogP contribution in [0.15, 0.2) is 60.7 Å². The van der Waals surface area contributed by atoms with Gasteiger partial charge in [0.1, 0.15) is 5.75 Å². The molecule has 1 aliphatic rings. The number of rotatable bonds is 4. The lowest BCUT2D eigenvalue weighted by atomic mass is 10.2. The van der Waals surface area contributed by atoms with Gasteiger partial charge in [0.2, 0.25) is 0 Å². The molecule has 4 nitrogen and oxygen atoms in total. The Morgan fingerprint density at radius 2 is 1.43 bits per heavy atom. The molecular weight excluding hydrogens is 268 g/mol. The summed E-state index contributed by atoms with van der Waals surface area (Å²) in [5, 5.41) is 8.72. The Bertz CT molecular complexity index is 534.